The molecule has 1 atom stereocenters. The van der Waals surface area contributed by atoms with Crippen LogP contribution in [0.2, 0.25) is 0 Å². The molecular weight excluding hydrogens is 397 g/mol. The molecule has 2 amide bonds. The van der Waals surface area contributed by atoms with Gasteiger partial charge in [0.2, 0.25) is 0 Å². The lowest BCUT2D eigenvalue weighted by molar-refractivity contribution is -0.136. The van der Waals surface area contributed by atoms with Gasteiger partial charge in [0.25, 0.3) is 0 Å². The van der Waals surface area contributed by atoms with Gasteiger partial charge < -0.3 is 15.0 Å². The van der Waals surface area contributed by atoms with Crippen molar-refractivity contribution in [2.24, 2.45) is 0 Å². The third-order valence-electron chi connectivity index (χ3n) is 5.78. The Bertz CT molecular complexity index is 925. The zero-order valence-electron chi connectivity index (χ0n) is 16.8. The number of hydrogen-bond acceptors (Lipinski definition) is 3. The van der Waals surface area contributed by atoms with Crippen molar-refractivity contribution in [3.63, 3.8) is 0 Å². The molecule has 0 aliphatic carbocycles. The fourth-order valence-electron chi connectivity index (χ4n) is 4.35. The maximum atomic E-state index is 13.3. The molecule has 4 rings (SSSR count). The van der Waals surface area contributed by atoms with E-state index in [1.165, 1.54) is 18.2 Å². The zero-order chi connectivity index (χ0) is 21.3. The summed E-state index contributed by atoms with van der Waals surface area (Å²) in [5, 5.41) is 7.25. The topological polar surface area (TPSA) is 59.4 Å². The minimum Gasteiger partial charge on any atom is -0.376 e. The number of urea groups is 1. The molecule has 30 heavy (non-hydrogen) atoms. The number of ether oxygens (including phenoxy) is 1. The Hall–Kier alpha value is -2.55. The molecule has 0 bridgehead atoms. The molecule has 2 aromatic rings. The van der Waals surface area contributed by atoms with Crippen LogP contribution in [-0.4, -0.2) is 33.9 Å². The highest BCUT2D eigenvalue weighted by atomic mass is 19.4. The van der Waals surface area contributed by atoms with Gasteiger partial charge in [0.15, 0.2) is 0 Å². The summed E-state index contributed by atoms with van der Waals surface area (Å²) in [6, 6.07) is 4.23. The number of rotatable bonds is 3. The van der Waals surface area contributed by atoms with Crippen LogP contribution in [0.4, 0.5) is 23.7 Å². The van der Waals surface area contributed by atoms with Crippen LogP contribution >= 0.6 is 0 Å². The lowest BCUT2D eigenvalue weighted by Crippen LogP contribution is -2.42. The Morgan fingerprint density at radius 2 is 2.10 bits per heavy atom. The molecule has 3 heterocycles. The minimum atomic E-state index is -4.54. The molecule has 0 radical (unpaired) electrons. The van der Waals surface area contributed by atoms with Crippen LogP contribution < -0.4 is 5.32 Å². The Kier molecular flexibility index (Phi) is 5.73. The molecule has 162 valence electrons. The smallest absolute Gasteiger partial charge is 0.376 e. The largest absolute Gasteiger partial charge is 0.418 e. The first-order valence-corrected chi connectivity index (χ1v) is 10.3. The zero-order valence-corrected chi connectivity index (χ0v) is 16.8. The summed E-state index contributed by atoms with van der Waals surface area (Å²) in [5.74, 6) is 0. The summed E-state index contributed by atoms with van der Waals surface area (Å²) in [4.78, 5) is 14.7. The van der Waals surface area contributed by atoms with Crippen molar-refractivity contribution in [3.8, 4) is 0 Å². The summed E-state index contributed by atoms with van der Waals surface area (Å²) < 4.78 is 47.6. The normalized spacial score (nSPS) is 19.5. The molecule has 1 fully saturated rings. The second kappa shape index (κ2) is 8.29. The van der Waals surface area contributed by atoms with Crippen LogP contribution in [0.3, 0.4) is 0 Å². The number of piperidine rings is 1. The van der Waals surface area contributed by atoms with E-state index < -0.39 is 17.8 Å². The van der Waals surface area contributed by atoms with Gasteiger partial charge in [-0.3, -0.25) is 4.68 Å². The number of alkyl halides is 3. The van der Waals surface area contributed by atoms with Crippen LogP contribution in [0, 0.1) is 0 Å². The highest BCUT2D eigenvalue weighted by Crippen LogP contribution is 2.37. The van der Waals surface area contributed by atoms with E-state index >= 15 is 0 Å². The molecule has 1 N–H and O–H groups in total. The molecule has 1 aromatic heterocycles. The van der Waals surface area contributed by atoms with E-state index in [2.05, 4.69) is 5.32 Å². The third-order valence-corrected chi connectivity index (χ3v) is 5.78. The number of carbonyl (C=O) groups excluding carboxylic acids is 1. The summed E-state index contributed by atoms with van der Waals surface area (Å²) in [5.41, 5.74) is 1.87. The number of fused-ring (bicyclic) bond motifs is 1. The van der Waals surface area contributed by atoms with Crippen molar-refractivity contribution < 1.29 is 22.7 Å². The van der Waals surface area contributed by atoms with E-state index in [1.54, 1.807) is 4.90 Å². The van der Waals surface area contributed by atoms with Gasteiger partial charge >= 0.3 is 12.2 Å². The summed E-state index contributed by atoms with van der Waals surface area (Å²) in [6.07, 6.45) is -1.31. The second-order valence-electron chi connectivity index (χ2n) is 7.61. The van der Waals surface area contributed by atoms with Crippen molar-refractivity contribution in [2.75, 3.05) is 18.5 Å². The molecule has 1 saturated heterocycles. The second-order valence-corrected chi connectivity index (χ2v) is 7.61. The number of carbonyl (C=O) groups is 1. The van der Waals surface area contributed by atoms with Crippen molar-refractivity contribution in [1.29, 1.82) is 0 Å². The number of halogens is 3. The number of para-hydroxylation sites is 1. The Labute approximate surface area is 173 Å². The van der Waals surface area contributed by atoms with Crippen LogP contribution in [0.1, 0.15) is 54.7 Å². The van der Waals surface area contributed by atoms with Gasteiger partial charge in [0.1, 0.15) is 0 Å². The average molecular weight is 422 g/mol. The molecule has 6 nitrogen and oxygen atoms in total. The third kappa shape index (κ3) is 3.90. The predicted octanol–water partition coefficient (Wildman–Crippen LogP) is 4.75. The van der Waals surface area contributed by atoms with Gasteiger partial charge in [-0.2, -0.15) is 18.3 Å². The number of aromatic nitrogens is 2. The lowest BCUT2D eigenvalue weighted by Gasteiger charge is -2.35. The molecule has 2 aliphatic heterocycles. The number of aryl methyl sites for hydroxylation is 1. The number of benzene rings is 1. The SMILES string of the molecule is CCn1nc(C2CCCCN2C(=O)Nc2ccccc2C(F)(F)F)c2c1CCOC2. The number of nitrogens with zero attached hydrogens (tertiary/aromatic N) is 3. The predicted molar refractivity (Wildman–Crippen MR) is 105 cm³/mol. The monoisotopic (exact) mass is 422 g/mol. The first-order chi connectivity index (χ1) is 14.4. The van der Waals surface area contributed by atoms with Gasteiger partial charge in [-0.15, -0.1) is 0 Å². The number of anilines is 1. The molecule has 9 heteroatoms. The Balaban J connectivity index is 1.63. The number of amides is 2. The van der Waals surface area contributed by atoms with Crippen molar-refractivity contribution in [2.45, 2.75) is 58.0 Å². The lowest BCUT2D eigenvalue weighted by atomic mass is 9.95. The van der Waals surface area contributed by atoms with Gasteiger partial charge in [-0.05, 0) is 38.3 Å². The van der Waals surface area contributed by atoms with Crippen molar-refractivity contribution in [1.82, 2.24) is 14.7 Å². The van der Waals surface area contributed by atoms with Crippen LogP contribution in [-0.2, 0) is 30.5 Å². The summed E-state index contributed by atoms with van der Waals surface area (Å²) in [7, 11) is 0. The highest BCUT2D eigenvalue weighted by Gasteiger charge is 2.36. The van der Waals surface area contributed by atoms with Crippen molar-refractivity contribution in [3.05, 3.63) is 46.8 Å². The Morgan fingerprint density at radius 3 is 2.87 bits per heavy atom. The van der Waals surface area contributed by atoms with E-state index in [1.807, 2.05) is 11.6 Å². The summed E-state index contributed by atoms with van der Waals surface area (Å²) in [6.45, 7) is 4.31. The molecule has 0 spiro atoms. The highest BCUT2D eigenvalue weighted by molar-refractivity contribution is 5.90. The fourth-order valence-corrected chi connectivity index (χ4v) is 4.35. The van der Waals surface area contributed by atoms with Gasteiger partial charge in [0.05, 0.1) is 36.2 Å². The minimum absolute atomic E-state index is 0.233. The number of nitrogens with one attached hydrogen (secondary N) is 1. The van der Waals surface area contributed by atoms with Gasteiger partial charge in [-0.25, -0.2) is 4.79 Å². The molecular formula is C21H25F3N4O2. The Morgan fingerprint density at radius 1 is 1.30 bits per heavy atom. The maximum Gasteiger partial charge on any atom is 0.418 e. The number of likely N-dealkylation sites (tertiary alicyclic amines) is 1. The van der Waals surface area contributed by atoms with E-state index in [0.29, 0.717) is 19.8 Å². The standard InChI is InChI=1S/C21H25F3N4O2/c1-2-28-17-10-12-30-13-14(17)19(26-28)18-9-5-6-11-27(18)20(29)25-16-8-4-3-7-15(16)21(22,23)24/h3-4,7-8,18H,2,5-6,9-13H2,1H3,(H,25,29). The van der Waals surface area contributed by atoms with E-state index in [4.69, 9.17) is 9.84 Å². The molecule has 1 unspecified atom stereocenters. The fraction of sp³-hybridized carbons (Fsp3) is 0.524. The molecule has 0 saturated carbocycles. The van der Waals surface area contributed by atoms with Crippen LogP contribution in [0.15, 0.2) is 24.3 Å². The van der Waals surface area contributed by atoms with Crippen molar-refractivity contribution >= 4 is 11.7 Å². The first kappa shape index (κ1) is 20.7. The van der Waals surface area contributed by atoms with Gasteiger partial charge in [-0.1, -0.05) is 12.1 Å². The molecule has 2 aliphatic rings. The van der Waals surface area contributed by atoms with Gasteiger partial charge in [0, 0.05) is 30.8 Å². The average Bonchev–Trinajstić information content (AvgIpc) is 3.12. The molecule has 1 aromatic carbocycles. The van der Waals surface area contributed by atoms with E-state index in [9.17, 15) is 18.0 Å². The van der Waals surface area contributed by atoms with E-state index in [-0.39, 0.29) is 11.7 Å². The summed E-state index contributed by atoms with van der Waals surface area (Å²) >= 11 is 0. The van der Waals surface area contributed by atoms with Crippen LogP contribution in [0.5, 0.6) is 0 Å². The number of hydrogen-bond donors (Lipinski definition) is 1. The van der Waals surface area contributed by atoms with Crippen LogP contribution in [0.25, 0.3) is 0 Å². The maximum absolute atomic E-state index is 13.3. The first-order valence-electron chi connectivity index (χ1n) is 10.3. The quantitative estimate of drug-likeness (QED) is 0.776. The van der Waals surface area contributed by atoms with E-state index in [0.717, 1.165) is 55.2 Å².